The quantitative estimate of drug-likeness (QED) is 0.721. The Morgan fingerprint density at radius 1 is 1.35 bits per heavy atom. The predicted molar refractivity (Wildman–Crippen MR) is 76.0 cm³/mol. The minimum absolute atomic E-state index is 0.0153. The van der Waals surface area contributed by atoms with Gasteiger partial charge in [-0.15, -0.1) is 0 Å². The van der Waals surface area contributed by atoms with Gasteiger partial charge in [0, 0.05) is 38.8 Å². The molecule has 1 aliphatic rings. The number of hydrogen-bond donors (Lipinski definition) is 2. The van der Waals surface area contributed by atoms with Crippen LogP contribution in [0.5, 0.6) is 0 Å². The molecule has 0 spiro atoms. The Morgan fingerprint density at radius 3 is 2.80 bits per heavy atom. The number of nitrogens with zero attached hydrogens (tertiary/aromatic N) is 4. The van der Waals surface area contributed by atoms with Crippen LogP contribution in [0.15, 0.2) is 12.4 Å². The van der Waals surface area contributed by atoms with E-state index in [9.17, 15) is 4.79 Å². The first-order valence-electron chi connectivity index (χ1n) is 6.85. The zero-order valence-corrected chi connectivity index (χ0v) is 11.7. The first-order chi connectivity index (χ1) is 9.65. The van der Waals surface area contributed by atoms with Crippen LogP contribution in [0.3, 0.4) is 0 Å². The topological polar surface area (TPSA) is 81.6 Å². The van der Waals surface area contributed by atoms with Gasteiger partial charge in [0.1, 0.15) is 12.1 Å². The second-order valence-electron chi connectivity index (χ2n) is 5.02. The summed E-state index contributed by atoms with van der Waals surface area (Å²) in [5.74, 6) is -0.469. The molecule has 2 heterocycles. The van der Waals surface area contributed by atoms with E-state index in [0.29, 0.717) is 5.82 Å². The van der Waals surface area contributed by atoms with Crippen LogP contribution in [0.4, 0.5) is 5.82 Å². The molecule has 0 bridgehead atoms. The molecule has 0 aromatic carbocycles. The fourth-order valence-electron chi connectivity index (χ4n) is 2.16. The van der Waals surface area contributed by atoms with Crippen molar-refractivity contribution in [3.8, 4) is 0 Å². The van der Waals surface area contributed by atoms with Gasteiger partial charge >= 0.3 is 5.97 Å². The van der Waals surface area contributed by atoms with Crippen LogP contribution < -0.4 is 5.32 Å². The van der Waals surface area contributed by atoms with Crippen molar-refractivity contribution in [2.45, 2.75) is 6.42 Å². The van der Waals surface area contributed by atoms with Crippen molar-refractivity contribution in [1.29, 1.82) is 0 Å². The van der Waals surface area contributed by atoms with Crippen LogP contribution in [0.25, 0.3) is 0 Å². The summed E-state index contributed by atoms with van der Waals surface area (Å²) in [6.07, 6.45) is 2.28. The number of rotatable bonds is 6. The fraction of sp³-hybridized carbons (Fsp3) is 0.615. The highest BCUT2D eigenvalue weighted by Crippen LogP contribution is 2.05. The van der Waals surface area contributed by atoms with E-state index in [2.05, 4.69) is 32.1 Å². The molecule has 0 aliphatic carbocycles. The van der Waals surface area contributed by atoms with Crippen molar-refractivity contribution in [3.05, 3.63) is 18.1 Å². The second-order valence-corrected chi connectivity index (χ2v) is 5.02. The van der Waals surface area contributed by atoms with Crippen molar-refractivity contribution < 1.29 is 9.90 Å². The number of aromatic nitrogens is 2. The molecule has 1 aromatic rings. The molecule has 1 aliphatic heterocycles. The first kappa shape index (κ1) is 14.7. The maximum atomic E-state index is 10.8. The maximum absolute atomic E-state index is 10.8. The number of hydrogen-bond acceptors (Lipinski definition) is 6. The molecule has 2 N–H and O–H groups in total. The highest BCUT2D eigenvalue weighted by molar-refractivity contribution is 5.85. The molecule has 1 fully saturated rings. The van der Waals surface area contributed by atoms with E-state index >= 15 is 0 Å². The smallest absolute Gasteiger partial charge is 0.354 e. The fourth-order valence-corrected chi connectivity index (χ4v) is 2.16. The molecule has 0 saturated carbocycles. The number of piperazine rings is 1. The van der Waals surface area contributed by atoms with Gasteiger partial charge in [-0.1, -0.05) is 0 Å². The lowest BCUT2D eigenvalue weighted by atomic mass is 10.3. The summed E-state index contributed by atoms with van der Waals surface area (Å²) in [5, 5.41) is 12.0. The van der Waals surface area contributed by atoms with Crippen molar-refractivity contribution in [3.63, 3.8) is 0 Å². The van der Waals surface area contributed by atoms with Crippen LogP contribution in [0, 0.1) is 0 Å². The zero-order valence-electron chi connectivity index (χ0n) is 11.7. The molecule has 0 atom stereocenters. The predicted octanol–water partition coefficient (Wildman–Crippen LogP) is 0.224. The number of carboxylic acid groups (broad SMARTS) is 1. The number of nitrogens with one attached hydrogen (secondary N) is 1. The molecule has 0 radical (unpaired) electrons. The monoisotopic (exact) mass is 279 g/mol. The summed E-state index contributed by atoms with van der Waals surface area (Å²) in [4.78, 5) is 23.3. The molecule has 1 saturated heterocycles. The van der Waals surface area contributed by atoms with E-state index in [1.165, 1.54) is 12.4 Å². The van der Waals surface area contributed by atoms with Gasteiger partial charge in [-0.3, -0.25) is 0 Å². The van der Waals surface area contributed by atoms with Gasteiger partial charge in [-0.05, 0) is 20.0 Å². The number of carboxylic acids is 1. The van der Waals surface area contributed by atoms with Gasteiger partial charge < -0.3 is 20.2 Å². The third-order valence-corrected chi connectivity index (χ3v) is 3.44. The molecular weight excluding hydrogens is 258 g/mol. The van der Waals surface area contributed by atoms with E-state index in [4.69, 9.17) is 5.11 Å². The molecule has 2 rings (SSSR count). The van der Waals surface area contributed by atoms with Crippen LogP contribution in [0.1, 0.15) is 16.9 Å². The van der Waals surface area contributed by atoms with E-state index in [1.807, 2.05) is 0 Å². The Kier molecular flexibility index (Phi) is 5.25. The normalized spacial score (nSPS) is 17.1. The van der Waals surface area contributed by atoms with Crippen LogP contribution in [-0.4, -0.2) is 77.2 Å². The van der Waals surface area contributed by atoms with Gasteiger partial charge in [0.05, 0.1) is 0 Å². The van der Waals surface area contributed by atoms with E-state index in [1.54, 1.807) is 0 Å². The Hall–Kier alpha value is -1.73. The van der Waals surface area contributed by atoms with Gasteiger partial charge in [-0.2, -0.15) is 0 Å². The molecule has 7 nitrogen and oxygen atoms in total. The van der Waals surface area contributed by atoms with Gasteiger partial charge in [-0.25, -0.2) is 14.8 Å². The first-order valence-corrected chi connectivity index (χ1v) is 6.85. The lowest BCUT2D eigenvalue weighted by Crippen LogP contribution is -2.44. The largest absolute Gasteiger partial charge is 0.477 e. The summed E-state index contributed by atoms with van der Waals surface area (Å²) < 4.78 is 0. The third-order valence-electron chi connectivity index (χ3n) is 3.44. The summed E-state index contributed by atoms with van der Waals surface area (Å²) >= 11 is 0. The minimum atomic E-state index is -1.03. The lowest BCUT2D eigenvalue weighted by molar-refractivity contribution is 0.0690. The van der Waals surface area contributed by atoms with Gasteiger partial charge in [0.15, 0.2) is 5.69 Å². The molecule has 0 amide bonds. The highest BCUT2D eigenvalue weighted by Gasteiger charge is 2.12. The Labute approximate surface area is 118 Å². The zero-order chi connectivity index (χ0) is 14.4. The van der Waals surface area contributed by atoms with Crippen molar-refractivity contribution in [2.75, 3.05) is 51.6 Å². The number of anilines is 1. The highest BCUT2D eigenvalue weighted by atomic mass is 16.4. The molecule has 1 aromatic heterocycles. The Balaban J connectivity index is 1.68. The molecule has 7 heteroatoms. The number of carbonyl (C=O) groups is 1. The van der Waals surface area contributed by atoms with Crippen molar-refractivity contribution >= 4 is 11.8 Å². The van der Waals surface area contributed by atoms with Gasteiger partial charge in [0.2, 0.25) is 0 Å². The summed E-state index contributed by atoms with van der Waals surface area (Å²) in [7, 11) is 2.15. The summed E-state index contributed by atoms with van der Waals surface area (Å²) in [6, 6.07) is 1.46. The Morgan fingerprint density at radius 2 is 2.10 bits per heavy atom. The molecule has 0 unspecified atom stereocenters. The third kappa shape index (κ3) is 4.43. The minimum Gasteiger partial charge on any atom is -0.477 e. The molecule has 20 heavy (non-hydrogen) atoms. The average Bonchev–Trinajstić information content (AvgIpc) is 2.46. The number of aromatic carboxylic acids is 1. The maximum Gasteiger partial charge on any atom is 0.354 e. The average molecular weight is 279 g/mol. The SMILES string of the molecule is CN1CCN(CCCNc2cc(C(=O)O)ncn2)CC1. The van der Waals surface area contributed by atoms with Crippen LogP contribution in [0.2, 0.25) is 0 Å². The standard InChI is InChI=1S/C13H21N5O2/c1-17-5-7-18(8-6-17)4-2-3-14-12-9-11(13(19)20)15-10-16-12/h9-10H,2-8H2,1H3,(H,19,20)(H,14,15,16). The van der Waals surface area contributed by atoms with Crippen LogP contribution in [-0.2, 0) is 0 Å². The second kappa shape index (κ2) is 7.16. The van der Waals surface area contributed by atoms with Crippen molar-refractivity contribution in [1.82, 2.24) is 19.8 Å². The van der Waals surface area contributed by atoms with Crippen LogP contribution >= 0.6 is 0 Å². The summed E-state index contributed by atoms with van der Waals surface area (Å²) in [5.41, 5.74) is 0.0153. The Bertz CT molecular complexity index is 446. The van der Waals surface area contributed by atoms with Crippen molar-refractivity contribution in [2.24, 2.45) is 0 Å². The van der Waals surface area contributed by atoms with E-state index < -0.39 is 5.97 Å². The van der Waals surface area contributed by atoms with Gasteiger partial charge in [0.25, 0.3) is 0 Å². The van der Waals surface area contributed by atoms with E-state index in [0.717, 1.165) is 45.7 Å². The number of likely N-dealkylation sites (N-methyl/N-ethyl adjacent to an activating group) is 1. The summed E-state index contributed by atoms with van der Waals surface area (Å²) in [6.45, 7) is 6.32. The molecule has 110 valence electrons. The molecular formula is C13H21N5O2. The van der Waals surface area contributed by atoms with E-state index in [-0.39, 0.29) is 5.69 Å². The lowest BCUT2D eigenvalue weighted by Gasteiger charge is -2.32.